The summed E-state index contributed by atoms with van der Waals surface area (Å²) in [5, 5.41) is 5.61. The third kappa shape index (κ3) is 3.01. The lowest BCUT2D eigenvalue weighted by Crippen LogP contribution is -2.45. The van der Waals surface area contributed by atoms with E-state index in [1.54, 1.807) is 23.5 Å². The molecule has 1 saturated heterocycles. The van der Waals surface area contributed by atoms with Gasteiger partial charge in [-0.25, -0.2) is 4.98 Å². The summed E-state index contributed by atoms with van der Waals surface area (Å²) in [6.45, 7) is 5.52. The van der Waals surface area contributed by atoms with Crippen LogP contribution in [0.5, 0.6) is 0 Å². The van der Waals surface area contributed by atoms with Gasteiger partial charge in [-0.05, 0) is 70.3 Å². The summed E-state index contributed by atoms with van der Waals surface area (Å²) in [5.41, 5.74) is 2.56. The number of thiazole rings is 1. The summed E-state index contributed by atoms with van der Waals surface area (Å²) < 4.78 is 2.61. The van der Waals surface area contributed by atoms with E-state index in [2.05, 4.69) is 16.9 Å². The van der Waals surface area contributed by atoms with Crippen LogP contribution in [0.2, 0.25) is 0 Å². The fraction of sp³-hybridized carbons (Fsp3) is 0.476. The van der Waals surface area contributed by atoms with Gasteiger partial charge in [-0.2, -0.15) is 9.78 Å². The number of likely N-dealkylation sites (tertiary alicyclic amines) is 1. The van der Waals surface area contributed by atoms with Gasteiger partial charge in [0.05, 0.1) is 26.6 Å². The number of hydrogen-bond donors (Lipinski definition) is 0. The highest BCUT2D eigenvalue weighted by Gasteiger charge is 2.39. The summed E-state index contributed by atoms with van der Waals surface area (Å²) in [5.74, 6) is 0.587. The van der Waals surface area contributed by atoms with Crippen LogP contribution in [0, 0.1) is 6.92 Å². The maximum absolute atomic E-state index is 12.1. The highest BCUT2D eigenvalue weighted by molar-refractivity contribution is 7.18. The first-order chi connectivity index (χ1) is 13.1. The van der Waals surface area contributed by atoms with Crippen molar-refractivity contribution in [2.45, 2.75) is 57.5 Å². The average molecular weight is 381 g/mol. The molecule has 27 heavy (non-hydrogen) atoms. The van der Waals surface area contributed by atoms with Gasteiger partial charge in [0, 0.05) is 24.1 Å². The fourth-order valence-electron chi connectivity index (χ4n) is 4.48. The van der Waals surface area contributed by atoms with E-state index in [0.717, 1.165) is 33.7 Å². The van der Waals surface area contributed by atoms with Gasteiger partial charge in [-0.3, -0.25) is 9.69 Å². The molecule has 0 spiro atoms. The quantitative estimate of drug-likeness (QED) is 0.692. The number of benzene rings is 1. The molecule has 2 aliphatic rings. The van der Waals surface area contributed by atoms with E-state index >= 15 is 0 Å². The number of aromatic nitrogens is 3. The normalized spacial score (nSPS) is 25.8. The Morgan fingerprint density at radius 2 is 2.04 bits per heavy atom. The Bertz CT molecular complexity index is 1050. The minimum atomic E-state index is -0.105. The summed E-state index contributed by atoms with van der Waals surface area (Å²) in [4.78, 5) is 19.7. The van der Waals surface area contributed by atoms with Gasteiger partial charge in [0.15, 0.2) is 0 Å². The van der Waals surface area contributed by atoms with Crippen molar-refractivity contribution in [1.29, 1.82) is 0 Å². The largest absolute Gasteiger partial charge is 0.298 e. The number of rotatable bonds is 3. The average Bonchev–Trinajstić information content (AvgIpc) is 3.21. The second-order valence-corrected chi connectivity index (χ2v) is 9.04. The van der Waals surface area contributed by atoms with Crippen LogP contribution in [0.3, 0.4) is 0 Å². The van der Waals surface area contributed by atoms with E-state index in [1.165, 1.54) is 41.9 Å². The number of fused-ring (bicyclic) bond motifs is 1. The Hall–Kier alpha value is -2.05. The molecule has 1 saturated carbocycles. The summed E-state index contributed by atoms with van der Waals surface area (Å²) >= 11 is 1.77. The van der Waals surface area contributed by atoms with Crippen molar-refractivity contribution < 1.29 is 0 Å². The van der Waals surface area contributed by atoms with Crippen molar-refractivity contribution in [2.24, 2.45) is 0 Å². The van der Waals surface area contributed by atoms with E-state index < -0.39 is 0 Å². The lowest BCUT2D eigenvalue weighted by molar-refractivity contribution is 0.103. The molecule has 1 aliphatic carbocycles. The predicted octanol–water partition coefficient (Wildman–Crippen LogP) is 3.88. The van der Waals surface area contributed by atoms with Gasteiger partial charge in [-0.15, -0.1) is 11.3 Å². The molecule has 0 N–H and O–H groups in total. The second-order valence-electron chi connectivity index (χ2n) is 7.98. The molecule has 1 atom stereocenters. The van der Waals surface area contributed by atoms with Crippen molar-refractivity contribution >= 4 is 21.6 Å². The molecule has 1 aliphatic heterocycles. The Kier molecular flexibility index (Phi) is 4.13. The highest BCUT2D eigenvalue weighted by Crippen LogP contribution is 2.44. The Morgan fingerprint density at radius 3 is 2.81 bits per heavy atom. The van der Waals surface area contributed by atoms with Gasteiger partial charge in [0.2, 0.25) is 0 Å². The van der Waals surface area contributed by atoms with Crippen molar-refractivity contribution in [3.63, 3.8) is 0 Å². The second kappa shape index (κ2) is 6.53. The van der Waals surface area contributed by atoms with Crippen LogP contribution in [0.15, 0.2) is 35.1 Å². The van der Waals surface area contributed by atoms with Crippen molar-refractivity contribution in [3.8, 4) is 5.69 Å². The number of hydrogen-bond acceptors (Lipinski definition) is 5. The zero-order valence-electron chi connectivity index (χ0n) is 15.8. The first-order valence-electron chi connectivity index (χ1n) is 9.82. The van der Waals surface area contributed by atoms with Gasteiger partial charge >= 0.3 is 0 Å². The first-order valence-corrected chi connectivity index (χ1v) is 10.6. The van der Waals surface area contributed by atoms with Gasteiger partial charge in [-0.1, -0.05) is 0 Å². The smallest absolute Gasteiger partial charge is 0.271 e. The standard InChI is InChI=1S/C21H24N4OS/c1-13-5-8-20(26)25(23-13)16-6-7-18-19(12-16)27-21(22-18)15-10-17(11-15)24-9-3-4-14(24)2/h5-8,12,14-15,17H,3-4,9-11H2,1-2H3/t14-,15?,17?/m0/s1. The molecule has 2 fully saturated rings. The Labute approximate surface area is 162 Å². The van der Waals surface area contributed by atoms with Gasteiger partial charge in [0.25, 0.3) is 5.56 Å². The SMILES string of the molecule is Cc1ccc(=O)n(-c2ccc3nc(C4CC(N5CCC[C@@H]5C)C4)sc3c2)n1. The molecule has 3 aromatic rings. The maximum Gasteiger partial charge on any atom is 0.271 e. The Balaban J connectivity index is 1.39. The van der Waals surface area contributed by atoms with Gasteiger partial charge < -0.3 is 0 Å². The zero-order chi connectivity index (χ0) is 18.5. The van der Waals surface area contributed by atoms with Crippen LogP contribution in [0.4, 0.5) is 0 Å². The molecule has 140 valence electrons. The van der Waals surface area contributed by atoms with E-state index in [0.29, 0.717) is 5.92 Å². The molecule has 2 aromatic heterocycles. The summed E-state index contributed by atoms with van der Waals surface area (Å²) in [7, 11) is 0. The number of aryl methyl sites for hydroxylation is 1. The van der Waals surface area contributed by atoms with Crippen LogP contribution < -0.4 is 5.56 Å². The first kappa shape index (κ1) is 17.1. The van der Waals surface area contributed by atoms with Crippen LogP contribution >= 0.6 is 11.3 Å². The Morgan fingerprint density at radius 1 is 1.19 bits per heavy atom. The molecule has 0 bridgehead atoms. The van der Waals surface area contributed by atoms with Crippen LogP contribution in [0.25, 0.3) is 15.9 Å². The molecule has 5 nitrogen and oxygen atoms in total. The fourth-order valence-corrected chi connectivity index (χ4v) is 5.61. The molecule has 3 heterocycles. The van der Waals surface area contributed by atoms with E-state index in [4.69, 9.17) is 4.98 Å². The summed E-state index contributed by atoms with van der Waals surface area (Å²) in [6, 6.07) is 10.8. The third-order valence-corrected chi connectivity index (χ3v) is 7.28. The predicted molar refractivity (Wildman–Crippen MR) is 109 cm³/mol. The monoisotopic (exact) mass is 380 g/mol. The summed E-state index contributed by atoms with van der Waals surface area (Å²) in [6.07, 6.45) is 5.15. The molecule has 0 unspecified atom stereocenters. The number of nitrogens with zero attached hydrogens (tertiary/aromatic N) is 4. The molecular formula is C21H24N4OS. The van der Waals surface area contributed by atoms with E-state index in [-0.39, 0.29) is 5.56 Å². The molecule has 0 radical (unpaired) electrons. The minimum Gasteiger partial charge on any atom is -0.298 e. The molecule has 1 aromatic carbocycles. The minimum absolute atomic E-state index is 0.105. The van der Waals surface area contributed by atoms with Crippen molar-refractivity contribution in [2.75, 3.05) is 6.54 Å². The molecule has 5 rings (SSSR count). The maximum atomic E-state index is 12.1. The molecule has 0 amide bonds. The van der Waals surface area contributed by atoms with Gasteiger partial charge in [0.1, 0.15) is 0 Å². The lowest BCUT2D eigenvalue weighted by Gasteiger charge is -2.42. The van der Waals surface area contributed by atoms with E-state index in [9.17, 15) is 4.79 Å². The third-order valence-electron chi connectivity index (χ3n) is 6.10. The highest BCUT2D eigenvalue weighted by atomic mass is 32.1. The van der Waals surface area contributed by atoms with Crippen LogP contribution in [0.1, 0.15) is 49.2 Å². The topological polar surface area (TPSA) is 51.0 Å². The molecular weight excluding hydrogens is 356 g/mol. The van der Waals surface area contributed by atoms with Crippen molar-refractivity contribution in [3.05, 3.63) is 51.4 Å². The molecule has 6 heteroatoms. The van der Waals surface area contributed by atoms with E-state index in [1.807, 2.05) is 25.1 Å². The van der Waals surface area contributed by atoms with Crippen LogP contribution in [-0.4, -0.2) is 38.3 Å². The van der Waals surface area contributed by atoms with Crippen LogP contribution in [-0.2, 0) is 0 Å². The lowest BCUT2D eigenvalue weighted by atomic mass is 9.79. The zero-order valence-corrected chi connectivity index (χ0v) is 16.6. The van der Waals surface area contributed by atoms with Crippen molar-refractivity contribution in [1.82, 2.24) is 19.7 Å².